The lowest BCUT2D eigenvalue weighted by Gasteiger charge is -1.94. The number of rotatable bonds is 3. The second kappa shape index (κ2) is 5.02. The second-order valence-electron chi connectivity index (χ2n) is 3.68. The summed E-state index contributed by atoms with van der Waals surface area (Å²) >= 11 is 1.66. The Labute approximate surface area is 105 Å². The summed E-state index contributed by atoms with van der Waals surface area (Å²) in [5.41, 5.74) is 1.10. The van der Waals surface area contributed by atoms with Gasteiger partial charge in [0.2, 0.25) is 0 Å². The molecule has 0 atom stereocenters. The SMILES string of the molecule is C=C/C(=C\C=C/C)c1cc2ccc(O)cc2s1. The van der Waals surface area contributed by atoms with E-state index in [4.69, 9.17) is 0 Å². The highest BCUT2D eigenvalue weighted by molar-refractivity contribution is 7.20. The third-order valence-corrected chi connectivity index (χ3v) is 3.62. The molecule has 0 spiro atoms. The van der Waals surface area contributed by atoms with E-state index < -0.39 is 0 Å². The fourth-order valence-corrected chi connectivity index (χ4v) is 2.73. The Kier molecular flexibility index (Phi) is 3.45. The molecule has 1 nitrogen and oxygen atoms in total. The molecule has 17 heavy (non-hydrogen) atoms. The van der Waals surface area contributed by atoms with E-state index in [1.807, 2.05) is 37.3 Å². The normalized spacial score (nSPS) is 12.4. The quantitative estimate of drug-likeness (QED) is 0.770. The minimum atomic E-state index is 0.309. The summed E-state index contributed by atoms with van der Waals surface area (Å²) in [5, 5.41) is 10.6. The Morgan fingerprint density at radius 2 is 2.18 bits per heavy atom. The molecule has 1 heterocycles. The molecule has 0 radical (unpaired) electrons. The highest BCUT2D eigenvalue weighted by Gasteiger charge is 2.04. The van der Waals surface area contributed by atoms with Gasteiger partial charge in [0, 0.05) is 9.58 Å². The summed E-state index contributed by atoms with van der Waals surface area (Å²) in [7, 11) is 0. The summed E-state index contributed by atoms with van der Waals surface area (Å²) < 4.78 is 1.09. The predicted octanol–water partition coefficient (Wildman–Crippen LogP) is 4.75. The molecule has 1 N–H and O–H groups in total. The molecule has 0 saturated heterocycles. The molecule has 0 saturated carbocycles. The van der Waals surface area contributed by atoms with Crippen LogP contribution in [0.15, 0.2) is 55.1 Å². The van der Waals surface area contributed by atoms with Gasteiger partial charge in [-0.3, -0.25) is 0 Å². The molecule has 1 aromatic carbocycles. The molecule has 0 aliphatic heterocycles. The van der Waals surface area contributed by atoms with Crippen LogP contribution in [0, 0.1) is 0 Å². The molecular weight excluding hydrogens is 228 g/mol. The van der Waals surface area contributed by atoms with Gasteiger partial charge in [-0.1, -0.05) is 30.9 Å². The molecule has 2 aromatic rings. The molecule has 86 valence electrons. The number of hydrogen-bond acceptors (Lipinski definition) is 2. The summed E-state index contributed by atoms with van der Waals surface area (Å²) in [6, 6.07) is 7.55. The number of allylic oxidation sites excluding steroid dienone is 5. The van der Waals surface area contributed by atoms with E-state index in [2.05, 4.69) is 12.6 Å². The highest BCUT2D eigenvalue weighted by atomic mass is 32.1. The Morgan fingerprint density at radius 3 is 2.88 bits per heavy atom. The molecule has 2 rings (SSSR count). The predicted molar refractivity (Wildman–Crippen MR) is 76.5 cm³/mol. The van der Waals surface area contributed by atoms with E-state index >= 15 is 0 Å². The molecule has 0 aliphatic carbocycles. The Bertz CT molecular complexity index is 602. The van der Waals surface area contributed by atoms with Crippen molar-refractivity contribution in [3.63, 3.8) is 0 Å². The lowest BCUT2D eigenvalue weighted by atomic mass is 10.1. The van der Waals surface area contributed by atoms with Crippen molar-refractivity contribution in [2.45, 2.75) is 6.92 Å². The van der Waals surface area contributed by atoms with Crippen molar-refractivity contribution in [1.29, 1.82) is 0 Å². The van der Waals surface area contributed by atoms with Gasteiger partial charge < -0.3 is 5.11 Å². The zero-order valence-corrected chi connectivity index (χ0v) is 10.5. The van der Waals surface area contributed by atoms with Gasteiger partial charge >= 0.3 is 0 Å². The number of phenols is 1. The highest BCUT2D eigenvalue weighted by Crippen LogP contribution is 2.33. The molecule has 2 heteroatoms. The minimum absolute atomic E-state index is 0.309. The Hall–Kier alpha value is -1.80. The minimum Gasteiger partial charge on any atom is -0.508 e. The van der Waals surface area contributed by atoms with Crippen LogP contribution in [-0.4, -0.2) is 5.11 Å². The Balaban J connectivity index is 2.51. The third kappa shape index (κ3) is 2.48. The fraction of sp³-hybridized carbons (Fsp3) is 0.0667. The van der Waals surface area contributed by atoms with E-state index in [9.17, 15) is 5.11 Å². The molecular formula is C15H14OS. The van der Waals surface area contributed by atoms with Gasteiger partial charge in [-0.05, 0) is 42.1 Å². The van der Waals surface area contributed by atoms with Gasteiger partial charge in [-0.25, -0.2) is 0 Å². The maximum Gasteiger partial charge on any atom is 0.117 e. The smallest absolute Gasteiger partial charge is 0.117 e. The first-order chi connectivity index (χ1) is 8.24. The number of thiophene rings is 1. The monoisotopic (exact) mass is 242 g/mol. The van der Waals surface area contributed by atoms with Crippen LogP contribution in [0.1, 0.15) is 11.8 Å². The van der Waals surface area contributed by atoms with Crippen LogP contribution in [0.3, 0.4) is 0 Å². The summed E-state index contributed by atoms with van der Waals surface area (Å²) in [6.07, 6.45) is 7.88. The first-order valence-corrected chi connectivity index (χ1v) is 6.24. The van der Waals surface area contributed by atoms with E-state index in [0.29, 0.717) is 5.75 Å². The molecule has 0 amide bonds. The number of hydrogen-bond donors (Lipinski definition) is 1. The van der Waals surface area contributed by atoms with Crippen LogP contribution in [-0.2, 0) is 0 Å². The van der Waals surface area contributed by atoms with Crippen molar-refractivity contribution < 1.29 is 5.11 Å². The van der Waals surface area contributed by atoms with Crippen LogP contribution >= 0.6 is 11.3 Å². The van der Waals surface area contributed by atoms with Crippen molar-refractivity contribution in [2.75, 3.05) is 0 Å². The van der Waals surface area contributed by atoms with Gasteiger partial charge in [0.05, 0.1) is 0 Å². The van der Waals surface area contributed by atoms with E-state index in [0.717, 1.165) is 15.7 Å². The molecule has 1 aromatic heterocycles. The lowest BCUT2D eigenvalue weighted by molar-refractivity contribution is 0.476. The second-order valence-corrected chi connectivity index (χ2v) is 4.77. The van der Waals surface area contributed by atoms with E-state index in [1.165, 1.54) is 4.88 Å². The summed E-state index contributed by atoms with van der Waals surface area (Å²) in [6.45, 7) is 5.82. The molecule has 0 bridgehead atoms. The van der Waals surface area contributed by atoms with Crippen molar-refractivity contribution >= 4 is 27.0 Å². The number of aromatic hydroxyl groups is 1. The van der Waals surface area contributed by atoms with Crippen molar-refractivity contribution in [3.05, 3.63) is 60.0 Å². The van der Waals surface area contributed by atoms with E-state index in [-0.39, 0.29) is 0 Å². The fourth-order valence-electron chi connectivity index (χ4n) is 1.61. The maximum absolute atomic E-state index is 9.44. The van der Waals surface area contributed by atoms with Crippen LogP contribution in [0.5, 0.6) is 5.75 Å². The Morgan fingerprint density at radius 1 is 1.35 bits per heavy atom. The topological polar surface area (TPSA) is 20.2 Å². The molecule has 0 aliphatic rings. The standard InChI is InChI=1S/C15H14OS/c1-3-5-6-11(4-2)14-9-12-7-8-13(16)10-15(12)17-14/h3-10,16H,2H2,1H3/b5-3-,11-6+. The number of phenolic OH excluding ortho intramolecular Hbond substituents is 1. The zero-order valence-electron chi connectivity index (χ0n) is 9.68. The third-order valence-electron chi connectivity index (χ3n) is 2.48. The van der Waals surface area contributed by atoms with Crippen molar-refractivity contribution in [2.24, 2.45) is 0 Å². The first kappa shape index (κ1) is 11.7. The van der Waals surface area contributed by atoms with Crippen LogP contribution < -0.4 is 0 Å². The summed E-state index contributed by atoms with van der Waals surface area (Å²) in [4.78, 5) is 1.17. The van der Waals surface area contributed by atoms with Crippen LogP contribution in [0.25, 0.3) is 15.7 Å². The van der Waals surface area contributed by atoms with Crippen LogP contribution in [0.2, 0.25) is 0 Å². The van der Waals surface area contributed by atoms with Crippen molar-refractivity contribution in [3.8, 4) is 5.75 Å². The number of benzene rings is 1. The van der Waals surface area contributed by atoms with Gasteiger partial charge in [0.1, 0.15) is 5.75 Å². The average molecular weight is 242 g/mol. The van der Waals surface area contributed by atoms with Gasteiger partial charge in [0.25, 0.3) is 0 Å². The molecule has 0 unspecified atom stereocenters. The van der Waals surface area contributed by atoms with E-state index in [1.54, 1.807) is 23.5 Å². The largest absolute Gasteiger partial charge is 0.508 e. The molecule has 0 fully saturated rings. The van der Waals surface area contributed by atoms with Crippen LogP contribution in [0.4, 0.5) is 0 Å². The maximum atomic E-state index is 9.44. The zero-order chi connectivity index (χ0) is 12.3. The lowest BCUT2D eigenvalue weighted by Crippen LogP contribution is -1.70. The van der Waals surface area contributed by atoms with Gasteiger partial charge in [0.15, 0.2) is 0 Å². The van der Waals surface area contributed by atoms with Gasteiger partial charge in [-0.15, -0.1) is 11.3 Å². The average Bonchev–Trinajstić information content (AvgIpc) is 2.72. The first-order valence-electron chi connectivity index (χ1n) is 5.43. The number of fused-ring (bicyclic) bond motifs is 1. The summed E-state index contributed by atoms with van der Waals surface area (Å²) in [5.74, 6) is 0.309. The van der Waals surface area contributed by atoms with Crippen molar-refractivity contribution in [1.82, 2.24) is 0 Å². The van der Waals surface area contributed by atoms with Gasteiger partial charge in [-0.2, -0.15) is 0 Å².